The Labute approximate surface area is 173 Å². The molecular weight excluding hydrogens is 370 g/mol. The lowest BCUT2D eigenvalue weighted by Crippen LogP contribution is -2.54. The summed E-state index contributed by atoms with van der Waals surface area (Å²) in [6.07, 6.45) is 0. The molecular formula is C22H33N3O4. The second-order valence-electron chi connectivity index (χ2n) is 8.11. The van der Waals surface area contributed by atoms with Crippen LogP contribution in [0.2, 0.25) is 0 Å². The molecule has 2 aliphatic heterocycles. The lowest BCUT2D eigenvalue weighted by molar-refractivity contribution is -0.141. The van der Waals surface area contributed by atoms with Gasteiger partial charge in [0.05, 0.1) is 19.8 Å². The van der Waals surface area contributed by atoms with Gasteiger partial charge in [-0.1, -0.05) is 19.9 Å². The fourth-order valence-electron chi connectivity index (χ4n) is 3.88. The molecule has 0 bridgehead atoms. The minimum atomic E-state index is -0.0316. The molecule has 1 aromatic carbocycles. The van der Waals surface area contributed by atoms with Crippen LogP contribution in [0.25, 0.3) is 0 Å². The number of piperazine rings is 1. The lowest BCUT2D eigenvalue weighted by Gasteiger charge is -2.36. The number of morpholine rings is 1. The predicted molar refractivity (Wildman–Crippen MR) is 111 cm³/mol. The van der Waals surface area contributed by atoms with Crippen LogP contribution in [0.5, 0.6) is 5.75 Å². The van der Waals surface area contributed by atoms with Crippen LogP contribution >= 0.6 is 0 Å². The molecule has 2 aliphatic rings. The first-order chi connectivity index (χ1) is 13.9. The summed E-state index contributed by atoms with van der Waals surface area (Å²) < 4.78 is 11.0. The minimum absolute atomic E-state index is 0.0299. The Hall–Kier alpha value is -2.12. The van der Waals surface area contributed by atoms with E-state index in [4.69, 9.17) is 9.47 Å². The maximum atomic E-state index is 12.5. The van der Waals surface area contributed by atoms with Gasteiger partial charge in [0.25, 0.3) is 5.91 Å². The van der Waals surface area contributed by atoms with Crippen molar-refractivity contribution in [2.75, 3.05) is 65.6 Å². The van der Waals surface area contributed by atoms with Crippen molar-refractivity contribution in [3.63, 3.8) is 0 Å². The van der Waals surface area contributed by atoms with E-state index in [0.717, 1.165) is 18.8 Å². The maximum absolute atomic E-state index is 12.5. The molecule has 0 radical (unpaired) electrons. The van der Waals surface area contributed by atoms with E-state index in [0.29, 0.717) is 51.9 Å². The summed E-state index contributed by atoms with van der Waals surface area (Å²) >= 11 is 0. The standard InChI is InChI=1S/C22H33N3O4/c1-17(2)20-5-4-19(14-18(20)3)29-16-22(27)25-8-6-24(7-9-25)21(26)15-23-10-12-28-13-11-23/h4-5,14,17H,6-13,15-16H2,1-3H3. The highest BCUT2D eigenvalue weighted by Gasteiger charge is 2.25. The quantitative estimate of drug-likeness (QED) is 0.720. The van der Waals surface area contributed by atoms with E-state index in [9.17, 15) is 9.59 Å². The Morgan fingerprint density at radius 2 is 1.62 bits per heavy atom. The lowest BCUT2D eigenvalue weighted by atomic mass is 9.98. The highest BCUT2D eigenvalue weighted by atomic mass is 16.5. The van der Waals surface area contributed by atoms with E-state index in [1.165, 1.54) is 11.1 Å². The van der Waals surface area contributed by atoms with Crippen LogP contribution in [0.15, 0.2) is 18.2 Å². The molecule has 7 nitrogen and oxygen atoms in total. The fourth-order valence-corrected chi connectivity index (χ4v) is 3.88. The summed E-state index contributed by atoms with van der Waals surface area (Å²) in [5.41, 5.74) is 2.47. The van der Waals surface area contributed by atoms with Gasteiger partial charge in [-0.05, 0) is 36.1 Å². The first-order valence-electron chi connectivity index (χ1n) is 10.5. The normalized spacial score (nSPS) is 18.2. The monoisotopic (exact) mass is 403 g/mol. The van der Waals surface area contributed by atoms with Gasteiger partial charge in [-0.15, -0.1) is 0 Å². The third-order valence-corrected chi connectivity index (χ3v) is 5.67. The zero-order valence-electron chi connectivity index (χ0n) is 17.9. The van der Waals surface area contributed by atoms with Crippen LogP contribution in [0.1, 0.15) is 30.9 Å². The van der Waals surface area contributed by atoms with Crippen molar-refractivity contribution in [2.24, 2.45) is 0 Å². The molecule has 2 heterocycles. The molecule has 3 rings (SSSR count). The van der Waals surface area contributed by atoms with E-state index in [1.807, 2.05) is 17.0 Å². The molecule has 0 saturated carbocycles. The Bertz CT molecular complexity index is 708. The van der Waals surface area contributed by atoms with Crippen LogP contribution in [-0.2, 0) is 14.3 Å². The maximum Gasteiger partial charge on any atom is 0.260 e. The van der Waals surface area contributed by atoms with Crippen molar-refractivity contribution in [3.05, 3.63) is 29.3 Å². The molecule has 7 heteroatoms. The number of amides is 2. The predicted octanol–water partition coefficient (Wildman–Crippen LogP) is 1.50. The van der Waals surface area contributed by atoms with Crippen molar-refractivity contribution < 1.29 is 19.1 Å². The number of ether oxygens (including phenoxy) is 2. The Morgan fingerprint density at radius 1 is 1.00 bits per heavy atom. The van der Waals surface area contributed by atoms with Crippen LogP contribution in [0.4, 0.5) is 0 Å². The molecule has 0 spiro atoms. The van der Waals surface area contributed by atoms with Crippen LogP contribution in [0, 0.1) is 6.92 Å². The van der Waals surface area contributed by atoms with Gasteiger partial charge in [-0.3, -0.25) is 14.5 Å². The van der Waals surface area contributed by atoms with E-state index < -0.39 is 0 Å². The molecule has 0 atom stereocenters. The van der Waals surface area contributed by atoms with E-state index >= 15 is 0 Å². The summed E-state index contributed by atoms with van der Waals surface area (Å²) in [6.45, 7) is 12.1. The van der Waals surface area contributed by atoms with Crippen LogP contribution in [0.3, 0.4) is 0 Å². The fraction of sp³-hybridized carbons (Fsp3) is 0.636. The molecule has 0 N–H and O–H groups in total. The molecule has 0 aliphatic carbocycles. The van der Waals surface area contributed by atoms with Crippen molar-refractivity contribution in [1.82, 2.24) is 14.7 Å². The topological polar surface area (TPSA) is 62.3 Å². The molecule has 0 unspecified atom stereocenters. The van der Waals surface area contributed by atoms with Gasteiger partial charge in [-0.25, -0.2) is 0 Å². The number of rotatable bonds is 6. The zero-order valence-corrected chi connectivity index (χ0v) is 17.9. The van der Waals surface area contributed by atoms with Gasteiger partial charge in [-0.2, -0.15) is 0 Å². The summed E-state index contributed by atoms with van der Waals surface area (Å²) in [7, 11) is 0. The number of nitrogens with zero attached hydrogens (tertiary/aromatic N) is 3. The van der Waals surface area contributed by atoms with Crippen molar-refractivity contribution >= 4 is 11.8 Å². The Balaban J connectivity index is 1.41. The molecule has 1 aromatic rings. The van der Waals surface area contributed by atoms with Crippen LogP contribution in [-0.4, -0.2) is 92.1 Å². The number of carbonyl (C=O) groups is 2. The SMILES string of the molecule is Cc1cc(OCC(=O)N2CCN(C(=O)CN3CCOCC3)CC2)ccc1C(C)C. The minimum Gasteiger partial charge on any atom is -0.484 e. The van der Waals surface area contributed by atoms with Crippen LogP contribution < -0.4 is 4.74 Å². The molecule has 160 valence electrons. The molecule has 2 saturated heterocycles. The molecule has 29 heavy (non-hydrogen) atoms. The molecule has 2 amide bonds. The molecule has 2 fully saturated rings. The number of benzene rings is 1. The number of aryl methyl sites for hydroxylation is 1. The smallest absolute Gasteiger partial charge is 0.260 e. The molecule has 0 aromatic heterocycles. The van der Waals surface area contributed by atoms with E-state index in [-0.39, 0.29) is 18.4 Å². The van der Waals surface area contributed by atoms with E-state index in [2.05, 4.69) is 31.7 Å². The second kappa shape index (κ2) is 10.1. The van der Waals surface area contributed by atoms with Gasteiger partial charge in [0.2, 0.25) is 5.91 Å². The third kappa shape index (κ3) is 5.93. The number of hydrogen-bond acceptors (Lipinski definition) is 5. The van der Waals surface area contributed by atoms with Crippen molar-refractivity contribution in [2.45, 2.75) is 26.7 Å². The highest BCUT2D eigenvalue weighted by molar-refractivity contribution is 5.80. The first kappa shape index (κ1) is 21.6. The largest absolute Gasteiger partial charge is 0.484 e. The third-order valence-electron chi connectivity index (χ3n) is 5.67. The van der Waals surface area contributed by atoms with Crippen molar-refractivity contribution in [3.8, 4) is 5.75 Å². The Kier molecular flexibility index (Phi) is 7.50. The second-order valence-corrected chi connectivity index (χ2v) is 8.11. The Morgan fingerprint density at radius 3 is 2.21 bits per heavy atom. The average molecular weight is 404 g/mol. The van der Waals surface area contributed by atoms with Gasteiger partial charge < -0.3 is 19.3 Å². The summed E-state index contributed by atoms with van der Waals surface area (Å²) in [6, 6.07) is 5.99. The number of hydrogen-bond donors (Lipinski definition) is 0. The number of carbonyl (C=O) groups excluding carboxylic acids is 2. The van der Waals surface area contributed by atoms with E-state index in [1.54, 1.807) is 4.90 Å². The van der Waals surface area contributed by atoms with Gasteiger partial charge in [0.15, 0.2) is 6.61 Å². The van der Waals surface area contributed by atoms with Gasteiger partial charge in [0.1, 0.15) is 5.75 Å². The van der Waals surface area contributed by atoms with Gasteiger partial charge in [0, 0.05) is 39.3 Å². The summed E-state index contributed by atoms with van der Waals surface area (Å²) in [4.78, 5) is 30.7. The summed E-state index contributed by atoms with van der Waals surface area (Å²) in [5, 5.41) is 0. The summed E-state index contributed by atoms with van der Waals surface area (Å²) in [5.74, 6) is 1.29. The average Bonchev–Trinajstić information content (AvgIpc) is 2.72. The van der Waals surface area contributed by atoms with Crippen molar-refractivity contribution in [1.29, 1.82) is 0 Å². The first-order valence-corrected chi connectivity index (χ1v) is 10.5. The van der Waals surface area contributed by atoms with Gasteiger partial charge >= 0.3 is 0 Å². The zero-order chi connectivity index (χ0) is 20.8. The highest BCUT2D eigenvalue weighted by Crippen LogP contribution is 2.23.